The molecule has 3 atom stereocenters. The number of likely N-dealkylation sites (tertiary alicyclic amines) is 1. The van der Waals surface area contributed by atoms with E-state index in [1.807, 2.05) is 20.8 Å². The summed E-state index contributed by atoms with van der Waals surface area (Å²) >= 11 is 5.92. The molecule has 1 heterocycles. The van der Waals surface area contributed by atoms with Crippen molar-refractivity contribution < 1.29 is 14.3 Å². The zero-order valence-corrected chi connectivity index (χ0v) is 15.0. The number of carbonyl (C=O) groups excluding carboxylic acids is 2. The number of hydrogen-bond acceptors (Lipinski definition) is 3. The van der Waals surface area contributed by atoms with Crippen LogP contribution in [0.5, 0.6) is 0 Å². The first-order valence-electron chi connectivity index (χ1n) is 8.28. The Labute approximate surface area is 147 Å². The van der Waals surface area contributed by atoms with Crippen LogP contribution in [0.25, 0.3) is 0 Å². The number of amides is 2. The molecule has 0 aromatic heterocycles. The van der Waals surface area contributed by atoms with Crippen molar-refractivity contribution in [2.24, 2.45) is 11.8 Å². The molecule has 1 saturated carbocycles. The Bertz CT molecular complexity index is 656. The van der Waals surface area contributed by atoms with Crippen molar-refractivity contribution in [2.75, 3.05) is 13.1 Å². The summed E-state index contributed by atoms with van der Waals surface area (Å²) in [7, 11) is 0. The maximum absolute atomic E-state index is 12.4. The van der Waals surface area contributed by atoms with Gasteiger partial charge in [-0.1, -0.05) is 17.7 Å². The summed E-state index contributed by atoms with van der Waals surface area (Å²) in [6.45, 7) is 6.73. The fraction of sp³-hybridized carbons (Fsp3) is 0.556. The van der Waals surface area contributed by atoms with Crippen LogP contribution >= 0.6 is 11.6 Å². The first kappa shape index (κ1) is 17.1. The van der Waals surface area contributed by atoms with Gasteiger partial charge in [0.05, 0.1) is 6.04 Å². The number of hydrogen-bond donors (Lipinski definition) is 1. The summed E-state index contributed by atoms with van der Waals surface area (Å²) < 4.78 is 5.48. The van der Waals surface area contributed by atoms with Gasteiger partial charge in [-0.2, -0.15) is 0 Å². The Hall–Kier alpha value is -1.75. The molecule has 0 spiro atoms. The van der Waals surface area contributed by atoms with Crippen molar-refractivity contribution in [3.8, 4) is 0 Å². The van der Waals surface area contributed by atoms with Crippen LogP contribution in [0.2, 0.25) is 5.02 Å². The van der Waals surface area contributed by atoms with Gasteiger partial charge < -0.3 is 15.0 Å². The fourth-order valence-electron chi connectivity index (χ4n) is 3.29. The third-order valence-electron chi connectivity index (χ3n) is 4.49. The predicted molar refractivity (Wildman–Crippen MR) is 92.1 cm³/mol. The highest BCUT2D eigenvalue weighted by molar-refractivity contribution is 6.30. The molecule has 1 N–H and O–H groups in total. The van der Waals surface area contributed by atoms with Gasteiger partial charge >= 0.3 is 6.09 Å². The molecule has 1 saturated heterocycles. The number of nitrogens with one attached hydrogen (secondary N) is 1. The van der Waals surface area contributed by atoms with Crippen LogP contribution in [0.1, 0.15) is 37.6 Å². The molecule has 5 nitrogen and oxygen atoms in total. The Balaban J connectivity index is 1.61. The lowest BCUT2D eigenvalue weighted by atomic mass is 10.1. The smallest absolute Gasteiger partial charge is 0.410 e. The van der Waals surface area contributed by atoms with Crippen LogP contribution in [-0.2, 0) is 4.74 Å². The monoisotopic (exact) mass is 350 g/mol. The molecule has 1 aliphatic heterocycles. The van der Waals surface area contributed by atoms with Gasteiger partial charge in [0.15, 0.2) is 0 Å². The zero-order chi connectivity index (χ0) is 17.5. The van der Waals surface area contributed by atoms with Gasteiger partial charge in [0.25, 0.3) is 5.91 Å². The van der Waals surface area contributed by atoms with Gasteiger partial charge in [-0.05, 0) is 57.2 Å². The molecule has 1 aliphatic carbocycles. The number of rotatable bonds is 3. The lowest BCUT2D eigenvalue weighted by molar-refractivity contribution is 0.0192. The van der Waals surface area contributed by atoms with Gasteiger partial charge in [0.2, 0.25) is 0 Å². The molecule has 2 amide bonds. The van der Waals surface area contributed by atoms with E-state index in [9.17, 15) is 9.59 Å². The topological polar surface area (TPSA) is 58.6 Å². The normalized spacial score (nSPS) is 25.2. The summed E-state index contributed by atoms with van der Waals surface area (Å²) in [5, 5.41) is 3.45. The molecular formula is C18H23ClN2O3. The number of ether oxygens (including phenoxy) is 1. The van der Waals surface area contributed by atoms with E-state index in [4.69, 9.17) is 16.3 Å². The van der Waals surface area contributed by atoms with Crippen LogP contribution in [-0.4, -0.2) is 41.6 Å². The largest absolute Gasteiger partial charge is 0.444 e. The van der Waals surface area contributed by atoms with E-state index in [2.05, 4.69) is 5.32 Å². The molecule has 0 unspecified atom stereocenters. The Morgan fingerprint density at radius 3 is 2.79 bits per heavy atom. The third kappa shape index (κ3) is 3.83. The number of halogens is 1. The van der Waals surface area contributed by atoms with E-state index in [1.165, 1.54) is 0 Å². The fourth-order valence-corrected chi connectivity index (χ4v) is 3.48. The minimum Gasteiger partial charge on any atom is -0.444 e. The first-order valence-corrected chi connectivity index (χ1v) is 8.66. The molecule has 130 valence electrons. The lowest BCUT2D eigenvalue weighted by Gasteiger charge is -2.30. The summed E-state index contributed by atoms with van der Waals surface area (Å²) in [6.07, 6.45) is 0.827. The zero-order valence-electron chi connectivity index (χ0n) is 14.2. The number of benzene rings is 1. The van der Waals surface area contributed by atoms with Crippen LogP contribution in [0.15, 0.2) is 24.3 Å². The second-order valence-corrected chi connectivity index (χ2v) is 8.02. The summed E-state index contributed by atoms with van der Waals surface area (Å²) in [5.41, 5.74) is 0.00926. The quantitative estimate of drug-likeness (QED) is 0.909. The highest BCUT2D eigenvalue weighted by Crippen LogP contribution is 2.49. The molecule has 2 aliphatic rings. The molecule has 1 aromatic rings. The average Bonchev–Trinajstić information content (AvgIpc) is 3.16. The van der Waals surface area contributed by atoms with Gasteiger partial charge in [-0.25, -0.2) is 4.79 Å². The van der Waals surface area contributed by atoms with Gasteiger partial charge in [-0.3, -0.25) is 4.79 Å². The second-order valence-electron chi connectivity index (χ2n) is 7.58. The van der Waals surface area contributed by atoms with E-state index in [-0.39, 0.29) is 18.0 Å². The van der Waals surface area contributed by atoms with Gasteiger partial charge in [0, 0.05) is 23.7 Å². The van der Waals surface area contributed by atoms with E-state index < -0.39 is 5.60 Å². The Kier molecular flexibility index (Phi) is 4.47. The van der Waals surface area contributed by atoms with Crippen molar-refractivity contribution >= 4 is 23.6 Å². The number of carbonyl (C=O) groups is 2. The van der Waals surface area contributed by atoms with Crippen molar-refractivity contribution in [3.63, 3.8) is 0 Å². The molecule has 0 radical (unpaired) electrons. The van der Waals surface area contributed by atoms with E-state index in [0.29, 0.717) is 29.0 Å². The molecule has 2 fully saturated rings. The van der Waals surface area contributed by atoms with Crippen LogP contribution in [0.3, 0.4) is 0 Å². The summed E-state index contributed by atoms with van der Waals surface area (Å²) in [6, 6.07) is 6.84. The number of nitrogens with zero attached hydrogens (tertiary/aromatic N) is 1. The maximum Gasteiger partial charge on any atom is 0.410 e. The minimum atomic E-state index is -0.515. The van der Waals surface area contributed by atoms with Crippen LogP contribution < -0.4 is 5.32 Å². The number of piperidine rings is 1. The van der Waals surface area contributed by atoms with Crippen molar-refractivity contribution in [1.29, 1.82) is 0 Å². The SMILES string of the molecule is CC(C)(C)OC(=O)N1C[C@@H]2C[C@@H]2[C@H]1CNC(=O)c1cccc(Cl)c1. The lowest BCUT2D eigenvalue weighted by Crippen LogP contribution is -2.47. The standard InChI is InChI=1S/C18H23ClN2O3/c1-18(2,3)24-17(23)21-10-12-8-14(12)15(21)9-20-16(22)11-5-4-6-13(19)7-11/h4-7,12,14-15H,8-10H2,1-3H3,(H,20,22)/t12-,14-,15+/m0/s1. The third-order valence-corrected chi connectivity index (χ3v) is 4.72. The van der Waals surface area contributed by atoms with Crippen LogP contribution in [0, 0.1) is 11.8 Å². The van der Waals surface area contributed by atoms with E-state index in [1.54, 1.807) is 29.2 Å². The highest BCUT2D eigenvalue weighted by atomic mass is 35.5. The molecule has 1 aromatic carbocycles. The summed E-state index contributed by atoms with van der Waals surface area (Å²) in [5.74, 6) is 0.841. The molecular weight excluding hydrogens is 328 g/mol. The van der Waals surface area contributed by atoms with E-state index in [0.717, 1.165) is 13.0 Å². The maximum atomic E-state index is 12.4. The first-order chi connectivity index (χ1) is 11.2. The molecule has 6 heteroatoms. The Morgan fingerprint density at radius 1 is 1.38 bits per heavy atom. The summed E-state index contributed by atoms with van der Waals surface area (Å²) in [4.78, 5) is 26.4. The van der Waals surface area contributed by atoms with Crippen molar-refractivity contribution in [1.82, 2.24) is 10.2 Å². The van der Waals surface area contributed by atoms with E-state index >= 15 is 0 Å². The minimum absolute atomic E-state index is 0.00739. The highest BCUT2D eigenvalue weighted by Gasteiger charge is 2.54. The van der Waals surface area contributed by atoms with Crippen molar-refractivity contribution in [3.05, 3.63) is 34.9 Å². The molecule has 24 heavy (non-hydrogen) atoms. The van der Waals surface area contributed by atoms with Crippen molar-refractivity contribution in [2.45, 2.75) is 38.8 Å². The molecule has 3 rings (SSSR count). The average molecular weight is 351 g/mol. The van der Waals surface area contributed by atoms with Gasteiger partial charge in [-0.15, -0.1) is 0 Å². The van der Waals surface area contributed by atoms with Gasteiger partial charge in [0.1, 0.15) is 5.60 Å². The van der Waals surface area contributed by atoms with Crippen LogP contribution in [0.4, 0.5) is 4.79 Å². The predicted octanol–water partition coefficient (Wildman–Crippen LogP) is 3.33. The molecule has 0 bridgehead atoms. The Morgan fingerprint density at radius 2 is 2.12 bits per heavy atom. The number of fused-ring (bicyclic) bond motifs is 1. The second kappa shape index (κ2) is 6.28.